The van der Waals surface area contributed by atoms with Crippen LogP contribution in [-0.4, -0.2) is 184 Å². The van der Waals surface area contributed by atoms with Crippen LogP contribution >= 0.6 is 23.2 Å². The summed E-state index contributed by atoms with van der Waals surface area (Å²) in [6.45, 7) is -0.577. The minimum absolute atomic E-state index is 0.0247. The van der Waals surface area contributed by atoms with Gasteiger partial charge in [-0.15, -0.1) is 0 Å². The van der Waals surface area contributed by atoms with Gasteiger partial charge in [-0.3, -0.25) is 48.3 Å². The highest BCUT2D eigenvalue weighted by Crippen LogP contribution is 2.26. The molecule has 0 aromatic heterocycles. The summed E-state index contributed by atoms with van der Waals surface area (Å²) in [6, 6.07) is 3.20. The predicted octanol–water partition coefficient (Wildman–Crippen LogP) is -2.68. The lowest BCUT2D eigenvalue weighted by atomic mass is 10.0. The van der Waals surface area contributed by atoms with Gasteiger partial charge in [-0.25, -0.2) is 4.79 Å². The molecular formula is C50H71Cl2N15O11. The Morgan fingerprint density at radius 3 is 1.56 bits per heavy atom. The highest BCUT2D eigenvalue weighted by atomic mass is 35.5. The Hall–Kier alpha value is -7.29. The molecule has 8 amide bonds. The molecule has 3 aliphatic heterocycles. The second-order valence-electron chi connectivity index (χ2n) is 19.3. The van der Waals surface area contributed by atoms with Crippen molar-refractivity contribution < 1.29 is 53.4 Å². The molecule has 28 heteroatoms. The summed E-state index contributed by atoms with van der Waals surface area (Å²) in [4.78, 5) is 135. The number of nitrogens with zero attached hydrogens (tertiary/aromatic N) is 5. The molecule has 0 unspecified atom stereocenters. The van der Waals surface area contributed by atoms with Gasteiger partial charge in [0.15, 0.2) is 11.9 Å². The monoisotopic (exact) mass is 1130 g/mol. The van der Waals surface area contributed by atoms with Crippen molar-refractivity contribution in [1.82, 2.24) is 41.3 Å². The molecule has 78 heavy (non-hydrogen) atoms. The van der Waals surface area contributed by atoms with Crippen LogP contribution in [0.3, 0.4) is 0 Å². The summed E-state index contributed by atoms with van der Waals surface area (Å²) in [7, 11) is 0. The van der Waals surface area contributed by atoms with Gasteiger partial charge in [0.05, 0.1) is 19.2 Å². The number of aliphatic hydroxyl groups excluding tert-OH is 1. The molecule has 2 aromatic carbocycles. The molecule has 0 saturated carbocycles. The molecule has 3 heterocycles. The van der Waals surface area contributed by atoms with Crippen LogP contribution in [0.1, 0.15) is 75.3 Å². The largest absolute Gasteiger partial charge is 0.480 e. The molecule has 0 aliphatic carbocycles. The van der Waals surface area contributed by atoms with Crippen LogP contribution in [0, 0.1) is 0 Å². The highest BCUT2D eigenvalue weighted by molar-refractivity contribution is 6.30. The Morgan fingerprint density at radius 1 is 0.590 bits per heavy atom. The zero-order valence-corrected chi connectivity index (χ0v) is 44.6. The zero-order chi connectivity index (χ0) is 57.1. The van der Waals surface area contributed by atoms with E-state index in [1.165, 1.54) is 9.80 Å². The molecule has 8 atom stereocenters. The third kappa shape index (κ3) is 18.2. The van der Waals surface area contributed by atoms with Crippen molar-refractivity contribution in [3.8, 4) is 0 Å². The number of hydrogen-bond donors (Lipinski definition) is 12. The number of amides is 8. The number of aliphatic carboxylic acids is 1. The van der Waals surface area contributed by atoms with Gasteiger partial charge in [0.25, 0.3) is 0 Å². The van der Waals surface area contributed by atoms with E-state index >= 15 is 0 Å². The smallest absolute Gasteiger partial charge is 0.326 e. The van der Waals surface area contributed by atoms with E-state index in [-0.39, 0.29) is 83.0 Å². The second-order valence-corrected chi connectivity index (χ2v) is 20.1. The van der Waals surface area contributed by atoms with E-state index in [0.717, 1.165) is 4.90 Å². The van der Waals surface area contributed by atoms with Crippen molar-refractivity contribution in [3.05, 3.63) is 69.7 Å². The maximum Gasteiger partial charge on any atom is 0.326 e. The fourth-order valence-corrected chi connectivity index (χ4v) is 9.81. The third-order valence-corrected chi connectivity index (χ3v) is 14.1. The molecule has 17 N–H and O–H groups in total. The number of aliphatic hydroxyl groups is 1. The molecule has 26 nitrogen and oxygen atoms in total. The summed E-state index contributed by atoms with van der Waals surface area (Å²) >= 11 is 12.2. The molecular weight excluding hydrogens is 1060 g/mol. The maximum atomic E-state index is 14.2. The SMILES string of the molecule is NC(N)=NCCC[C@H](NC(=O)[C@H](Cc1ccc(Cl)cc1)NC(=O)[C@@H]1CCCN1C(=O)[C@H](CO)NC(=O)[C@H](Cc1ccc(Cl)cc1)NC(=O)CNC(=O)[C@@H]1CCCN1C(=O)[C@@H]1CCCN1C(=O)[C@@H](N)CCCN=C(N)N)C(=O)O. The van der Waals surface area contributed by atoms with Gasteiger partial charge in [0.2, 0.25) is 47.3 Å². The lowest BCUT2D eigenvalue weighted by molar-refractivity contribution is -0.147. The Kier molecular flexibility index (Phi) is 23.7. The Labute approximate surface area is 461 Å². The molecule has 3 aliphatic rings. The fourth-order valence-electron chi connectivity index (χ4n) is 9.56. The van der Waals surface area contributed by atoms with Crippen LogP contribution in [0.4, 0.5) is 0 Å². The fraction of sp³-hybridized carbons (Fsp3) is 0.540. The summed E-state index contributed by atoms with van der Waals surface area (Å²) in [5.41, 5.74) is 28.8. The first-order valence-electron chi connectivity index (χ1n) is 25.8. The van der Waals surface area contributed by atoms with Gasteiger partial charge < -0.3 is 80.2 Å². The number of rotatable bonds is 27. The van der Waals surface area contributed by atoms with Crippen molar-refractivity contribution in [2.75, 3.05) is 45.9 Å². The number of hydrogen-bond acceptors (Lipinski definition) is 13. The van der Waals surface area contributed by atoms with Crippen LogP contribution in [-0.2, 0) is 56.0 Å². The maximum absolute atomic E-state index is 14.2. The Bertz CT molecular complexity index is 2510. The number of halogens is 2. The molecule has 3 saturated heterocycles. The summed E-state index contributed by atoms with van der Waals surface area (Å²) in [5.74, 6) is -7.19. The normalized spacial score (nSPS) is 18.8. The average Bonchev–Trinajstić information content (AvgIpc) is 4.23. The van der Waals surface area contributed by atoms with Crippen molar-refractivity contribution >= 4 is 88.3 Å². The predicted molar refractivity (Wildman–Crippen MR) is 288 cm³/mol. The molecule has 3 fully saturated rings. The number of carboxylic acid groups (broad SMARTS) is 1. The first kappa shape index (κ1) is 61.6. The van der Waals surface area contributed by atoms with Crippen LogP contribution in [0.25, 0.3) is 0 Å². The summed E-state index contributed by atoms with van der Waals surface area (Å²) < 4.78 is 0. The number of benzene rings is 2. The molecule has 0 radical (unpaired) electrons. The zero-order valence-electron chi connectivity index (χ0n) is 43.1. The van der Waals surface area contributed by atoms with Crippen molar-refractivity contribution in [2.24, 2.45) is 38.7 Å². The number of carbonyl (C=O) groups excluding carboxylic acids is 8. The van der Waals surface area contributed by atoms with Gasteiger partial charge >= 0.3 is 5.97 Å². The van der Waals surface area contributed by atoms with E-state index < -0.39 is 115 Å². The van der Waals surface area contributed by atoms with Crippen molar-refractivity contribution in [2.45, 2.75) is 125 Å². The Balaban J connectivity index is 1.23. The van der Waals surface area contributed by atoms with E-state index in [1.54, 1.807) is 48.5 Å². The Morgan fingerprint density at radius 2 is 1.05 bits per heavy atom. The lowest BCUT2D eigenvalue weighted by Gasteiger charge is -2.32. The van der Waals surface area contributed by atoms with Gasteiger partial charge in [-0.2, -0.15) is 0 Å². The lowest BCUT2D eigenvalue weighted by Crippen LogP contribution is -2.60. The number of carbonyl (C=O) groups is 9. The topological polar surface area (TPSA) is 419 Å². The number of carboxylic acids is 1. The molecule has 2 aromatic rings. The quantitative estimate of drug-likeness (QED) is 0.0246. The summed E-state index contributed by atoms with van der Waals surface area (Å²) in [6.07, 6.45) is 2.83. The van der Waals surface area contributed by atoms with Gasteiger partial charge in [-0.05, 0) is 99.6 Å². The average molecular weight is 1130 g/mol. The van der Waals surface area contributed by atoms with Crippen molar-refractivity contribution in [3.63, 3.8) is 0 Å². The molecule has 0 bridgehead atoms. The van der Waals surface area contributed by atoms with Crippen LogP contribution in [0.2, 0.25) is 10.0 Å². The number of nitrogens with two attached hydrogens (primary N) is 5. The summed E-state index contributed by atoms with van der Waals surface area (Å²) in [5, 5.41) is 34.0. The highest BCUT2D eigenvalue weighted by Gasteiger charge is 2.44. The number of guanidine groups is 2. The van der Waals surface area contributed by atoms with Crippen LogP contribution in [0.15, 0.2) is 58.5 Å². The van der Waals surface area contributed by atoms with E-state index in [9.17, 15) is 53.4 Å². The van der Waals surface area contributed by atoms with E-state index in [4.69, 9.17) is 51.9 Å². The van der Waals surface area contributed by atoms with Gasteiger partial charge in [-0.1, -0.05) is 47.5 Å². The van der Waals surface area contributed by atoms with Gasteiger partial charge in [0.1, 0.15) is 42.3 Å². The minimum atomic E-state index is -1.62. The van der Waals surface area contributed by atoms with Gasteiger partial charge in [0, 0.05) is 55.6 Å². The standard InChI is InChI=1S/C50H71Cl2N15O11/c51-30-15-11-28(12-16-30)24-34(61-40(69)26-60-43(72)37-8-3-22-66(37)47(76)39-10-5-23-67(39)45(74)32(53)6-1-19-58-49(54)55)41(70)64-36(27-68)46(75)65-21-4-9-38(65)44(73)63-35(25-29-13-17-31(52)18-14-29)42(71)62-33(48(77)78)7-2-20-59-50(56)57/h11-18,32-39,68H,1-10,19-27,53H2,(H,60,72)(H,61,69)(H,62,71)(H,63,73)(H,64,70)(H,77,78)(H4,54,55,58)(H4,56,57,59)/t32-,33-,34-,35-,36-,37-,38-,39-/m0/s1. The molecule has 0 spiro atoms. The van der Waals surface area contributed by atoms with E-state index in [1.807, 2.05) is 0 Å². The minimum Gasteiger partial charge on any atom is -0.480 e. The number of aliphatic imine (C=N–C) groups is 2. The second kappa shape index (κ2) is 30.0. The number of likely N-dealkylation sites (tertiary alicyclic amines) is 3. The molecule has 426 valence electrons. The van der Waals surface area contributed by atoms with E-state index in [2.05, 4.69) is 36.6 Å². The molecule has 5 rings (SSSR count). The van der Waals surface area contributed by atoms with Crippen molar-refractivity contribution in [1.29, 1.82) is 0 Å². The third-order valence-electron chi connectivity index (χ3n) is 13.6. The van der Waals surface area contributed by atoms with Crippen LogP contribution in [0.5, 0.6) is 0 Å². The van der Waals surface area contributed by atoms with E-state index in [0.29, 0.717) is 59.8 Å². The number of nitrogens with one attached hydrogen (secondary N) is 5. The first-order valence-corrected chi connectivity index (χ1v) is 26.5. The first-order chi connectivity index (χ1) is 37.2. The van der Waals surface area contributed by atoms with Crippen LogP contribution < -0.4 is 55.3 Å².